The summed E-state index contributed by atoms with van der Waals surface area (Å²) in [5, 5.41) is 0. The molecule has 2 aromatic carbocycles. The fourth-order valence-corrected chi connectivity index (χ4v) is 2.51. The van der Waals surface area contributed by atoms with Crippen molar-refractivity contribution in [2.45, 2.75) is 19.3 Å². The SMILES string of the molecule is COc1ccc(C(=C(C(F)(F)F)C(F)(F)F)c2ccc(OC(C)=O)cc2)cc1. The molecule has 0 saturated carbocycles. The van der Waals surface area contributed by atoms with Crippen LogP contribution in [0, 0.1) is 0 Å². The molecule has 150 valence electrons. The standard InChI is InChI=1S/C19H14F6O3/c1-11(26)28-15-9-5-13(6-10-15)16(12-3-7-14(27-2)8-4-12)17(18(20,21)22)19(23,24)25/h3-10H,1-2H3. The first-order valence-corrected chi connectivity index (χ1v) is 7.75. The van der Waals surface area contributed by atoms with Crippen LogP contribution in [0.4, 0.5) is 26.3 Å². The molecule has 28 heavy (non-hydrogen) atoms. The van der Waals surface area contributed by atoms with Crippen LogP contribution in [-0.4, -0.2) is 25.4 Å². The van der Waals surface area contributed by atoms with Gasteiger partial charge in [0.2, 0.25) is 0 Å². The van der Waals surface area contributed by atoms with Gasteiger partial charge in [0.05, 0.1) is 7.11 Å². The second kappa shape index (κ2) is 7.95. The van der Waals surface area contributed by atoms with Crippen LogP contribution in [0.1, 0.15) is 18.1 Å². The first-order valence-electron chi connectivity index (χ1n) is 7.75. The molecule has 0 aliphatic heterocycles. The van der Waals surface area contributed by atoms with Crippen molar-refractivity contribution < 1.29 is 40.6 Å². The van der Waals surface area contributed by atoms with Gasteiger partial charge >= 0.3 is 18.3 Å². The number of hydrogen-bond acceptors (Lipinski definition) is 3. The summed E-state index contributed by atoms with van der Waals surface area (Å²) in [7, 11) is 1.32. The van der Waals surface area contributed by atoms with E-state index in [2.05, 4.69) is 0 Å². The molecular weight excluding hydrogens is 390 g/mol. The number of hydrogen-bond donors (Lipinski definition) is 0. The summed E-state index contributed by atoms with van der Waals surface area (Å²) in [5.74, 6) is -0.412. The Hall–Kier alpha value is -2.97. The Morgan fingerprint density at radius 3 is 1.46 bits per heavy atom. The Kier molecular flexibility index (Phi) is 6.06. The lowest BCUT2D eigenvalue weighted by molar-refractivity contribution is -0.170. The van der Waals surface area contributed by atoms with Crippen LogP contribution in [0.2, 0.25) is 0 Å². The molecule has 0 radical (unpaired) electrons. The minimum Gasteiger partial charge on any atom is -0.497 e. The zero-order chi connectivity index (χ0) is 21.1. The number of carbonyl (C=O) groups excluding carboxylic acids is 1. The summed E-state index contributed by atoms with van der Waals surface area (Å²) in [4.78, 5) is 10.9. The second-order valence-electron chi connectivity index (χ2n) is 5.59. The number of halogens is 6. The third-order valence-electron chi connectivity index (χ3n) is 3.60. The molecule has 0 bridgehead atoms. The van der Waals surface area contributed by atoms with Crippen molar-refractivity contribution >= 4 is 11.5 Å². The number of carbonyl (C=O) groups is 1. The number of ether oxygens (including phenoxy) is 2. The zero-order valence-electron chi connectivity index (χ0n) is 14.6. The van der Waals surface area contributed by atoms with Gasteiger partial charge in [-0.2, -0.15) is 26.3 Å². The monoisotopic (exact) mass is 404 g/mol. The molecule has 0 aromatic heterocycles. The van der Waals surface area contributed by atoms with E-state index in [0.29, 0.717) is 0 Å². The van der Waals surface area contributed by atoms with Crippen LogP contribution < -0.4 is 9.47 Å². The summed E-state index contributed by atoms with van der Waals surface area (Å²) in [5.41, 5.74) is -4.32. The van der Waals surface area contributed by atoms with E-state index in [4.69, 9.17) is 9.47 Å². The lowest BCUT2D eigenvalue weighted by Crippen LogP contribution is -2.28. The molecule has 0 aliphatic carbocycles. The fraction of sp³-hybridized carbons (Fsp3) is 0.211. The number of esters is 1. The highest BCUT2D eigenvalue weighted by Gasteiger charge is 2.53. The smallest absolute Gasteiger partial charge is 0.421 e. The van der Waals surface area contributed by atoms with Crippen molar-refractivity contribution in [2.75, 3.05) is 7.11 Å². The molecule has 0 unspecified atom stereocenters. The second-order valence-corrected chi connectivity index (χ2v) is 5.59. The molecule has 0 heterocycles. The Labute approximate surface area is 156 Å². The summed E-state index contributed by atoms with van der Waals surface area (Å²) in [6.07, 6.45) is -11.3. The van der Waals surface area contributed by atoms with E-state index >= 15 is 0 Å². The Morgan fingerprint density at radius 1 is 0.750 bits per heavy atom. The fourth-order valence-electron chi connectivity index (χ4n) is 2.51. The van der Waals surface area contributed by atoms with Crippen molar-refractivity contribution in [2.24, 2.45) is 0 Å². The molecule has 0 fully saturated rings. The van der Waals surface area contributed by atoms with E-state index in [1.165, 1.54) is 19.2 Å². The number of rotatable bonds is 4. The minimum atomic E-state index is -5.65. The van der Waals surface area contributed by atoms with E-state index in [1.54, 1.807) is 0 Å². The van der Waals surface area contributed by atoms with Crippen LogP contribution in [0.15, 0.2) is 54.1 Å². The molecule has 0 aliphatic rings. The van der Waals surface area contributed by atoms with Gasteiger partial charge < -0.3 is 9.47 Å². The van der Waals surface area contributed by atoms with Gasteiger partial charge in [-0.05, 0) is 35.4 Å². The summed E-state index contributed by atoms with van der Waals surface area (Å²) >= 11 is 0. The van der Waals surface area contributed by atoms with Crippen molar-refractivity contribution in [3.05, 3.63) is 65.2 Å². The number of methoxy groups -OCH3 is 1. The molecule has 2 rings (SSSR count). The molecule has 9 heteroatoms. The lowest BCUT2D eigenvalue weighted by Gasteiger charge is -2.21. The third kappa shape index (κ3) is 5.05. The van der Waals surface area contributed by atoms with Crippen molar-refractivity contribution in [1.29, 1.82) is 0 Å². The molecule has 3 nitrogen and oxygen atoms in total. The van der Waals surface area contributed by atoms with Gasteiger partial charge in [0.1, 0.15) is 17.1 Å². The normalized spacial score (nSPS) is 11.7. The molecule has 0 saturated heterocycles. The van der Waals surface area contributed by atoms with E-state index in [1.807, 2.05) is 0 Å². The average molecular weight is 404 g/mol. The number of allylic oxidation sites excluding steroid dienone is 1. The highest BCUT2D eigenvalue weighted by atomic mass is 19.4. The van der Waals surface area contributed by atoms with E-state index in [9.17, 15) is 31.1 Å². The Balaban J connectivity index is 2.74. The van der Waals surface area contributed by atoms with Gasteiger partial charge in [-0.3, -0.25) is 4.79 Å². The summed E-state index contributed by atoms with van der Waals surface area (Å²) in [6, 6.07) is 9.00. The maximum Gasteiger partial charge on any atom is 0.421 e. The predicted octanol–water partition coefficient (Wildman–Crippen LogP) is 5.55. The van der Waals surface area contributed by atoms with E-state index in [0.717, 1.165) is 43.3 Å². The topological polar surface area (TPSA) is 35.5 Å². The highest BCUT2D eigenvalue weighted by Crippen LogP contribution is 2.45. The van der Waals surface area contributed by atoms with Gasteiger partial charge in [-0.25, -0.2) is 0 Å². The van der Waals surface area contributed by atoms with Crippen LogP contribution >= 0.6 is 0 Å². The predicted molar refractivity (Wildman–Crippen MR) is 88.9 cm³/mol. The zero-order valence-corrected chi connectivity index (χ0v) is 14.6. The first kappa shape index (κ1) is 21.3. The molecule has 0 amide bonds. The molecule has 0 atom stereocenters. The summed E-state index contributed by atoms with van der Waals surface area (Å²) in [6.45, 7) is 1.11. The van der Waals surface area contributed by atoms with Crippen LogP contribution in [0.5, 0.6) is 11.5 Å². The van der Waals surface area contributed by atoms with Crippen molar-refractivity contribution in [3.63, 3.8) is 0 Å². The van der Waals surface area contributed by atoms with Crippen LogP contribution in [-0.2, 0) is 4.79 Å². The first-order chi connectivity index (χ1) is 12.9. The van der Waals surface area contributed by atoms with Crippen LogP contribution in [0.25, 0.3) is 5.57 Å². The number of alkyl halides is 6. The maximum atomic E-state index is 13.4. The quantitative estimate of drug-likeness (QED) is 0.381. The van der Waals surface area contributed by atoms with E-state index in [-0.39, 0.29) is 22.6 Å². The highest BCUT2D eigenvalue weighted by molar-refractivity contribution is 5.84. The van der Waals surface area contributed by atoms with Gasteiger partial charge in [0, 0.05) is 12.5 Å². The van der Waals surface area contributed by atoms with Gasteiger partial charge in [-0.15, -0.1) is 0 Å². The van der Waals surface area contributed by atoms with Crippen molar-refractivity contribution in [1.82, 2.24) is 0 Å². The molecular formula is C19H14F6O3. The maximum absolute atomic E-state index is 13.4. The minimum absolute atomic E-state index is 0.00843. The number of benzene rings is 2. The summed E-state index contributed by atoms with van der Waals surface area (Å²) < 4.78 is 89.8. The van der Waals surface area contributed by atoms with Crippen molar-refractivity contribution in [3.8, 4) is 11.5 Å². The van der Waals surface area contributed by atoms with Gasteiger partial charge in [0.15, 0.2) is 0 Å². The van der Waals surface area contributed by atoms with Gasteiger partial charge in [-0.1, -0.05) is 24.3 Å². The molecule has 2 aromatic rings. The Bertz CT molecular complexity index is 847. The third-order valence-corrected chi connectivity index (χ3v) is 3.60. The van der Waals surface area contributed by atoms with Crippen LogP contribution in [0.3, 0.4) is 0 Å². The largest absolute Gasteiger partial charge is 0.497 e. The average Bonchev–Trinajstić information content (AvgIpc) is 2.58. The van der Waals surface area contributed by atoms with Gasteiger partial charge in [0.25, 0.3) is 0 Å². The lowest BCUT2D eigenvalue weighted by atomic mass is 9.92. The molecule has 0 N–H and O–H groups in total. The Morgan fingerprint density at radius 2 is 1.14 bits per heavy atom. The molecule has 0 spiro atoms. The van der Waals surface area contributed by atoms with E-state index < -0.39 is 29.5 Å².